The molecule has 2 saturated carbocycles. The maximum Gasteiger partial charge on any atom is 0.281 e. The number of nitrogens with zero attached hydrogens (tertiary/aromatic N) is 7. The normalized spacial score (nSPS) is 18.4. The van der Waals surface area contributed by atoms with E-state index in [9.17, 15) is 22.8 Å². The largest absolute Gasteiger partial charge is 0.351 e. The Hall–Kier alpha value is -3.95. The third kappa shape index (κ3) is 5.17. The number of aromatic nitrogens is 6. The van der Waals surface area contributed by atoms with Crippen LogP contribution < -0.4 is 10.6 Å². The number of hydrogen-bond acceptors (Lipinski definition) is 9. The number of nitrogens with one attached hydrogen (secondary N) is 2. The zero-order valence-corrected chi connectivity index (χ0v) is 18.9. The summed E-state index contributed by atoms with van der Waals surface area (Å²) >= 11 is 0. The summed E-state index contributed by atoms with van der Waals surface area (Å²) in [6.07, 6.45) is 2.34. The van der Waals surface area contributed by atoms with Gasteiger partial charge in [-0.1, -0.05) is 0 Å². The first kappa shape index (κ1) is 23.8. The van der Waals surface area contributed by atoms with Crippen molar-refractivity contribution in [3.8, 4) is 17.6 Å². The number of nitriles is 1. The average molecular weight is 499 g/mol. The van der Waals surface area contributed by atoms with Gasteiger partial charge in [-0.15, -0.1) is 0 Å². The van der Waals surface area contributed by atoms with E-state index in [1.807, 2.05) is 0 Å². The van der Waals surface area contributed by atoms with Gasteiger partial charge in [0.25, 0.3) is 6.43 Å². The van der Waals surface area contributed by atoms with Crippen LogP contribution in [0.3, 0.4) is 0 Å². The molecule has 9 nitrogen and oxygen atoms in total. The molecule has 2 fully saturated rings. The molecule has 0 spiro atoms. The van der Waals surface area contributed by atoms with Crippen molar-refractivity contribution < 1.29 is 17.6 Å². The zero-order chi connectivity index (χ0) is 25.3. The number of hydrogen-bond donors (Lipinski definition) is 2. The Bertz CT molecular complexity index is 1300. The molecule has 0 saturated heterocycles. The van der Waals surface area contributed by atoms with E-state index in [2.05, 4.69) is 46.6 Å². The highest BCUT2D eigenvalue weighted by Gasteiger charge is 2.46. The minimum atomic E-state index is -2.83. The van der Waals surface area contributed by atoms with Crippen LogP contribution in [0.2, 0.25) is 0 Å². The standard InChI is InChI=1S/C23H21F4N9/c24-18(25)15-10-29-11-16(33-15)19-34-20(31-13-1-4-23(26,27)5-2-13)36-21(35-19)32-14-3-8-30-17(9-14)22(12-28)6-7-22/h3,8-11,13,18H,1-2,4-7H2,(H2,30,31,32,34,35,36). The van der Waals surface area contributed by atoms with Gasteiger partial charge in [0.15, 0.2) is 5.82 Å². The van der Waals surface area contributed by atoms with Gasteiger partial charge in [0.1, 0.15) is 11.4 Å². The molecule has 5 rings (SSSR count). The maximum absolute atomic E-state index is 13.6. The van der Waals surface area contributed by atoms with Gasteiger partial charge in [0.2, 0.25) is 17.8 Å². The highest BCUT2D eigenvalue weighted by atomic mass is 19.3. The molecule has 0 atom stereocenters. The molecule has 0 amide bonds. The molecule has 3 heterocycles. The van der Waals surface area contributed by atoms with Crippen LogP contribution in [0.5, 0.6) is 0 Å². The molecular weight excluding hydrogens is 478 g/mol. The number of pyridine rings is 1. The topological polar surface area (TPSA) is 125 Å². The van der Waals surface area contributed by atoms with E-state index >= 15 is 0 Å². The van der Waals surface area contributed by atoms with E-state index in [1.165, 1.54) is 6.20 Å². The first-order valence-electron chi connectivity index (χ1n) is 11.4. The number of rotatable bonds is 7. The highest BCUT2D eigenvalue weighted by Crippen LogP contribution is 2.47. The van der Waals surface area contributed by atoms with Gasteiger partial charge >= 0.3 is 0 Å². The fraction of sp³-hybridized carbons (Fsp3) is 0.435. The van der Waals surface area contributed by atoms with Crippen LogP contribution in [0.4, 0.5) is 35.1 Å². The predicted octanol–water partition coefficient (Wildman–Crippen LogP) is 4.95. The van der Waals surface area contributed by atoms with E-state index in [-0.39, 0.29) is 55.1 Å². The summed E-state index contributed by atoms with van der Waals surface area (Å²) in [5.41, 5.74) is 0.0728. The molecule has 3 aromatic heterocycles. The lowest BCUT2D eigenvalue weighted by Crippen LogP contribution is -2.32. The van der Waals surface area contributed by atoms with Crippen molar-refractivity contribution in [3.63, 3.8) is 0 Å². The van der Waals surface area contributed by atoms with Crippen LogP contribution in [0, 0.1) is 11.3 Å². The van der Waals surface area contributed by atoms with Crippen molar-refractivity contribution in [2.24, 2.45) is 0 Å². The molecule has 0 aromatic carbocycles. The summed E-state index contributed by atoms with van der Waals surface area (Å²) in [5.74, 6) is -2.54. The van der Waals surface area contributed by atoms with Gasteiger partial charge in [-0.3, -0.25) is 9.97 Å². The summed E-state index contributed by atoms with van der Waals surface area (Å²) in [6.45, 7) is 0. The van der Waals surface area contributed by atoms with Gasteiger partial charge in [-0.2, -0.15) is 20.2 Å². The number of anilines is 3. The first-order chi connectivity index (χ1) is 17.2. The number of halogens is 4. The van der Waals surface area contributed by atoms with Gasteiger partial charge < -0.3 is 10.6 Å². The van der Waals surface area contributed by atoms with E-state index in [0.29, 0.717) is 11.4 Å². The van der Waals surface area contributed by atoms with Crippen molar-refractivity contribution in [1.82, 2.24) is 29.9 Å². The van der Waals surface area contributed by atoms with Gasteiger partial charge in [-0.05, 0) is 37.8 Å². The Morgan fingerprint density at radius 1 is 1.00 bits per heavy atom. The summed E-state index contributed by atoms with van der Waals surface area (Å²) in [6, 6.07) is 5.41. The van der Waals surface area contributed by atoms with E-state index in [1.54, 1.807) is 18.3 Å². The lowest BCUT2D eigenvalue weighted by Gasteiger charge is -2.28. The van der Waals surface area contributed by atoms with Crippen LogP contribution in [-0.4, -0.2) is 41.9 Å². The summed E-state index contributed by atoms with van der Waals surface area (Å²) in [4.78, 5) is 25.0. The Kier molecular flexibility index (Phi) is 6.11. The second-order valence-electron chi connectivity index (χ2n) is 8.96. The van der Waals surface area contributed by atoms with Crippen LogP contribution in [-0.2, 0) is 5.41 Å². The Morgan fingerprint density at radius 2 is 1.75 bits per heavy atom. The molecule has 36 heavy (non-hydrogen) atoms. The lowest BCUT2D eigenvalue weighted by molar-refractivity contribution is -0.0361. The lowest BCUT2D eigenvalue weighted by atomic mass is 9.92. The molecule has 3 aromatic rings. The molecule has 0 bridgehead atoms. The van der Waals surface area contributed by atoms with Gasteiger partial charge in [-0.25, -0.2) is 22.5 Å². The molecule has 2 aliphatic rings. The van der Waals surface area contributed by atoms with E-state index < -0.39 is 23.5 Å². The van der Waals surface area contributed by atoms with E-state index in [4.69, 9.17) is 0 Å². The Balaban J connectivity index is 1.46. The number of alkyl halides is 4. The van der Waals surface area contributed by atoms with Crippen molar-refractivity contribution >= 4 is 17.6 Å². The molecular formula is C23H21F4N9. The molecule has 0 unspecified atom stereocenters. The molecule has 0 radical (unpaired) electrons. The van der Waals surface area contributed by atoms with Gasteiger partial charge in [0.05, 0.1) is 29.6 Å². The summed E-state index contributed by atoms with van der Waals surface area (Å²) in [5, 5.41) is 15.6. The van der Waals surface area contributed by atoms with Crippen molar-refractivity contribution in [2.75, 3.05) is 10.6 Å². The van der Waals surface area contributed by atoms with Crippen molar-refractivity contribution in [3.05, 3.63) is 42.1 Å². The second kappa shape index (κ2) is 9.25. The molecule has 0 aliphatic heterocycles. The third-order valence-corrected chi connectivity index (χ3v) is 6.26. The monoisotopic (exact) mass is 499 g/mol. The predicted molar refractivity (Wildman–Crippen MR) is 121 cm³/mol. The molecule has 2 N–H and O–H groups in total. The molecule has 186 valence electrons. The minimum absolute atomic E-state index is 0.00769. The SMILES string of the molecule is N#CC1(c2cc(Nc3nc(NC4CCC(F)(F)CC4)nc(-c4cncc(C(F)F)n4)n3)ccn2)CC1. The summed E-state index contributed by atoms with van der Waals surface area (Å²) < 4.78 is 53.5. The minimum Gasteiger partial charge on any atom is -0.351 e. The third-order valence-electron chi connectivity index (χ3n) is 6.26. The van der Waals surface area contributed by atoms with Crippen LogP contribution in [0.15, 0.2) is 30.7 Å². The van der Waals surface area contributed by atoms with E-state index in [0.717, 1.165) is 19.0 Å². The zero-order valence-electron chi connectivity index (χ0n) is 18.9. The Labute approximate surface area is 203 Å². The fourth-order valence-corrected chi connectivity index (χ4v) is 4.02. The smallest absolute Gasteiger partial charge is 0.281 e. The van der Waals surface area contributed by atoms with Crippen LogP contribution in [0.25, 0.3) is 11.5 Å². The molecule has 13 heteroatoms. The first-order valence-corrected chi connectivity index (χ1v) is 11.4. The van der Waals surface area contributed by atoms with Gasteiger partial charge in [0, 0.05) is 30.8 Å². The molecule has 2 aliphatic carbocycles. The summed E-state index contributed by atoms with van der Waals surface area (Å²) in [7, 11) is 0. The van der Waals surface area contributed by atoms with Crippen molar-refractivity contribution in [1.29, 1.82) is 5.26 Å². The quantitative estimate of drug-likeness (QED) is 0.434. The highest BCUT2D eigenvalue weighted by molar-refractivity contribution is 5.59. The fourth-order valence-electron chi connectivity index (χ4n) is 4.02. The second-order valence-corrected chi connectivity index (χ2v) is 8.96. The average Bonchev–Trinajstić information content (AvgIpc) is 3.67. The van der Waals surface area contributed by atoms with Crippen LogP contribution in [0.1, 0.15) is 56.3 Å². The Morgan fingerprint density at radius 3 is 2.44 bits per heavy atom. The van der Waals surface area contributed by atoms with Crippen molar-refractivity contribution in [2.45, 2.75) is 62.3 Å². The van der Waals surface area contributed by atoms with Crippen LogP contribution >= 0.6 is 0 Å². The maximum atomic E-state index is 13.6.